The number of aromatic nitrogens is 2. The van der Waals surface area contributed by atoms with Crippen molar-refractivity contribution in [3.05, 3.63) is 54.4 Å². The molecule has 0 bridgehead atoms. The first-order chi connectivity index (χ1) is 14.8. The Balaban J connectivity index is 1.37. The molecule has 0 unspecified atom stereocenters. The molecule has 2 atom stereocenters. The second kappa shape index (κ2) is 8.44. The molecule has 30 heavy (non-hydrogen) atoms. The Morgan fingerprint density at radius 3 is 2.80 bits per heavy atom. The summed E-state index contributed by atoms with van der Waals surface area (Å²) < 4.78 is 11.5. The summed E-state index contributed by atoms with van der Waals surface area (Å²) in [7, 11) is 0. The molecule has 0 saturated carbocycles. The second-order valence-electron chi connectivity index (χ2n) is 8.04. The molecule has 0 radical (unpaired) electrons. The summed E-state index contributed by atoms with van der Waals surface area (Å²) in [5.41, 5.74) is 2.60. The van der Waals surface area contributed by atoms with Gasteiger partial charge >= 0.3 is 0 Å². The Labute approximate surface area is 175 Å². The predicted molar refractivity (Wildman–Crippen MR) is 113 cm³/mol. The molecule has 2 aliphatic heterocycles. The average molecular weight is 406 g/mol. The highest BCUT2D eigenvalue weighted by atomic mass is 16.5. The molecule has 0 aliphatic carbocycles. The van der Waals surface area contributed by atoms with Gasteiger partial charge in [-0.3, -0.25) is 9.78 Å². The number of hydrogen-bond donors (Lipinski definition) is 1. The van der Waals surface area contributed by atoms with Crippen LogP contribution >= 0.6 is 0 Å². The van der Waals surface area contributed by atoms with Gasteiger partial charge in [-0.25, -0.2) is 0 Å². The first kappa shape index (κ1) is 19.1. The molecule has 2 saturated heterocycles. The van der Waals surface area contributed by atoms with E-state index in [2.05, 4.69) is 15.3 Å². The Morgan fingerprint density at radius 1 is 1.13 bits per heavy atom. The van der Waals surface area contributed by atoms with Crippen LogP contribution < -0.4 is 10.2 Å². The van der Waals surface area contributed by atoms with Crippen molar-refractivity contribution in [2.45, 2.75) is 37.8 Å². The van der Waals surface area contributed by atoms with Gasteiger partial charge in [-0.2, -0.15) is 4.98 Å². The van der Waals surface area contributed by atoms with Crippen LogP contribution in [0.15, 0.2) is 53.2 Å². The van der Waals surface area contributed by atoms with Crippen molar-refractivity contribution in [2.24, 2.45) is 5.92 Å². The molecule has 2 fully saturated rings. The van der Waals surface area contributed by atoms with Crippen molar-refractivity contribution >= 4 is 23.0 Å². The number of amides is 1. The van der Waals surface area contributed by atoms with E-state index in [0.717, 1.165) is 62.1 Å². The molecular weight excluding hydrogens is 380 g/mol. The Bertz CT molecular complexity index is 967. The highest BCUT2D eigenvalue weighted by molar-refractivity contribution is 5.86. The number of ether oxygens (including phenoxy) is 1. The van der Waals surface area contributed by atoms with Crippen LogP contribution in [0, 0.1) is 5.92 Å². The number of nitrogens with zero attached hydrogens (tertiary/aromatic N) is 3. The zero-order chi connectivity index (χ0) is 20.3. The third-order valence-electron chi connectivity index (χ3n) is 6.16. The van der Waals surface area contributed by atoms with Gasteiger partial charge in [-0.1, -0.05) is 18.2 Å². The van der Waals surface area contributed by atoms with Gasteiger partial charge in [-0.15, -0.1) is 0 Å². The van der Waals surface area contributed by atoms with Crippen LogP contribution in [0.1, 0.15) is 37.3 Å². The van der Waals surface area contributed by atoms with Crippen molar-refractivity contribution < 1.29 is 13.9 Å². The quantitative estimate of drug-likeness (QED) is 0.699. The van der Waals surface area contributed by atoms with Crippen LogP contribution in [0.2, 0.25) is 0 Å². The number of nitrogens with one attached hydrogen (secondary N) is 1. The SMILES string of the molecule is O=C(N[C@@H](c1cccnc1)C1CCOCC1)[C@@H]1CCCN1c1nc2ccccc2o1. The van der Waals surface area contributed by atoms with Gasteiger partial charge in [0.2, 0.25) is 5.91 Å². The zero-order valence-electron chi connectivity index (χ0n) is 16.9. The number of para-hydroxylation sites is 2. The lowest BCUT2D eigenvalue weighted by molar-refractivity contribution is -0.123. The molecule has 2 aromatic heterocycles. The molecule has 1 amide bonds. The van der Waals surface area contributed by atoms with Gasteiger partial charge in [0.05, 0.1) is 6.04 Å². The summed E-state index contributed by atoms with van der Waals surface area (Å²) in [4.78, 5) is 24.3. The zero-order valence-corrected chi connectivity index (χ0v) is 16.9. The summed E-state index contributed by atoms with van der Waals surface area (Å²) in [5.74, 6) is 0.362. The van der Waals surface area contributed by atoms with Gasteiger partial charge in [0, 0.05) is 32.2 Å². The number of rotatable bonds is 5. The van der Waals surface area contributed by atoms with Crippen LogP contribution in [-0.2, 0) is 9.53 Å². The molecule has 1 aromatic carbocycles. The van der Waals surface area contributed by atoms with Crippen LogP contribution in [0.3, 0.4) is 0 Å². The molecule has 5 rings (SSSR count). The third kappa shape index (κ3) is 3.77. The van der Waals surface area contributed by atoms with E-state index < -0.39 is 0 Å². The van der Waals surface area contributed by atoms with Crippen molar-refractivity contribution in [1.29, 1.82) is 0 Å². The maximum absolute atomic E-state index is 13.4. The Morgan fingerprint density at radius 2 is 2.00 bits per heavy atom. The minimum Gasteiger partial charge on any atom is -0.423 e. The summed E-state index contributed by atoms with van der Waals surface area (Å²) in [6.45, 7) is 2.23. The number of oxazole rings is 1. The largest absolute Gasteiger partial charge is 0.423 e. The lowest BCUT2D eigenvalue weighted by Crippen LogP contribution is -2.46. The molecule has 3 aromatic rings. The summed E-state index contributed by atoms with van der Waals surface area (Å²) >= 11 is 0. The van der Waals surface area contributed by atoms with E-state index in [4.69, 9.17) is 9.15 Å². The van der Waals surface area contributed by atoms with E-state index in [0.29, 0.717) is 11.9 Å². The first-order valence-corrected chi connectivity index (χ1v) is 10.7. The summed E-state index contributed by atoms with van der Waals surface area (Å²) in [6.07, 6.45) is 7.20. The fraction of sp³-hybridized carbons (Fsp3) is 0.435. The van der Waals surface area contributed by atoms with E-state index >= 15 is 0 Å². The third-order valence-corrected chi connectivity index (χ3v) is 6.16. The van der Waals surface area contributed by atoms with Crippen molar-refractivity contribution in [2.75, 3.05) is 24.7 Å². The number of anilines is 1. The van der Waals surface area contributed by atoms with Gasteiger partial charge in [0.25, 0.3) is 6.01 Å². The number of fused-ring (bicyclic) bond motifs is 1. The minimum atomic E-state index is -0.280. The van der Waals surface area contributed by atoms with Crippen LogP contribution in [0.4, 0.5) is 6.01 Å². The number of benzene rings is 1. The maximum Gasteiger partial charge on any atom is 0.299 e. The standard InChI is InChI=1S/C23H26N4O3/c28-22(26-21(16-9-13-29-14-10-16)17-5-3-11-24-15-17)19-7-4-12-27(19)23-25-18-6-1-2-8-20(18)30-23/h1-3,5-6,8,11,15-16,19,21H,4,7,9-10,12-14H2,(H,26,28)/t19-,21+/m0/s1. The van der Waals surface area contributed by atoms with Crippen LogP contribution in [0.25, 0.3) is 11.1 Å². The first-order valence-electron chi connectivity index (χ1n) is 10.7. The molecule has 2 aliphatic rings. The van der Waals surface area contributed by atoms with E-state index in [-0.39, 0.29) is 18.0 Å². The van der Waals surface area contributed by atoms with Crippen LogP contribution in [0.5, 0.6) is 0 Å². The number of carbonyl (C=O) groups excluding carboxylic acids is 1. The van der Waals surface area contributed by atoms with E-state index in [1.54, 1.807) is 6.20 Å². The smallest absolute Gasteiger partial charge is 0.299 e. The van der Waals surface area contributed by atoms with E-state index in [9.17, 15) is 4.79 Å². The van der Waals surface area contributed by atoms with Gasteiger partial charge in [-0.05, 0) is 55.4 Å². The monoisotopic (exact) mass is 406 g/mol. The minimum absolute atomic E-state index is 0.0232. The maximum atomic E-state index is 13.4. The fourth-order valence-corrected chi connectivity index (χ4v) is 4.58. The Hall–Kier alpha value is -2.93. The van der Waals surface area contributed by atoms with E-state index in [1.165, 1.54) is 0 Å². The fourth-order valence-electron chi connectivity index (χ4n) is 4.58. The van der Waals surface area contributed by atoms with Crippen LogP contribution in [-0.4, -0.2) is 41.7 Å². The number of carbonyl (C=O) groups is 1. The number of pyridine rings is 1. The lowest BCUT2D eigenvalue weighted by Gasteiger charge is -2.33. The molecular formula is C23H26N4O3. The normalized spacial score (nSPS) is 21.1. The Kier molecular flexibility index (Phi) is 5.36. The lowest BCUT2D eigenvalue weighted by atomic mass is 9.87. The molecule has 4 heterocycles. The average Bonchev–Trinajstić information content (AvgIpc) is 3.45. The molecule has 7 nitrogen and oxygen atoms in total. The van der Waals surface area contributed by atoms with Gasteiger partial charge in [0.1, 0.15) is 11.6 Å². The highest BCUT2D eigenvalue weighted by Gasteiger charge is 2.36. The highest BCUT2D eigenvalue weighted by Crippen LogP contribution is 2.32. The van der Waals surface area contributed by atoms with Crippen molar-refractivity contribution in [3.63, 3.8) is 0 Å². The molecule has 156 valence electrons. The summed E-state index contributed by atoms with van der Waals surface area (Å²) in [5, 5.41) is 3.33. The van der Waals surface area contributed by atoms with Crippen molar-refractivity contribution in [1.82, 2.24) is 15.3 Å². The number of hydrogen-bond acceptors (Lipinski definition) is 6. The molecule has 1 N–H and O–H groups in total. The summed E-state index contributed by atoms with van der Waals surface area (Å²) in [6, 6.07) is 11.8. The topological polar surface area (TPSA) is 80.5 Å². The van der Waals surface area contributed by atoms with E-state index in [1.807, 2.05) is 47.5 Å². The molecule has 7 heteroatoms. The van der Waals surface area contributed by atoms with Gasteiger partial charge in [0.15, 0.2) is 5.58 Å². The van der Waals surface area contributed by atoms with Gasteiger partial charge < -0.3 is 19.4 Å². The second-order valence-corrected chi connectivity index (χ2v) is 8.04. The predicted octanol–water partition coefficient (Wildman–Crippen LogP) is 3.48. The molecule has 0 spiro atoms. The van der Waals surface area contributed by atoms with Crippen molar-refractivity contribution in [3.8, 4) is 0 Å².